The summed E-state index contributed by atoms with van der Waals surface area (Å²) in [7, 11) is 0. The van der Waals surface area contributed by atoms with Gasteiger partial charge in [-0.2, -0.15) is 0 Å². The highest BCUT2D eigenvalue weighted by Gasteiger charge is 2.11. The molecule has 2 rings (SSSR count). The Morgan fingerprint density at radius 2 is 1.88 bits per heavy atom. The number of Topliss-reactive ketones (excluding diaryl/α,β-unsaturated/α-hetero) is 1. The quantitative estimate of drug-likeness (QED) is 0.750. The topological polar surface area (TPSA) is 17.1 Å². The third-order valence-electron chi connectivity index (χ3n) is 3.11. The summed E-state index contributed by atoms with van der Waals surface area (Å²) in [6.07, 6.45) is 8.44. The Hall–Kier alpha value is -1.37. The summed E-state index contributed by atoms with van der Waals surface area (Å²) in [4.78, 5) is 12.1. The first-order valence-corrected chi connectivity index (χ1v) is 6.12. The molecule has 0 heterocycles. The van der Waals surface area contributed by atoms with E-state index in [9.17, 15) is 4.79 Å². The number of carbonyl (C=O) groups excluding carboxylic acids is 1. The van der Waals surface area contributed by atoms with E-state index in [0.29, 0.717) is 12.2 Å². The third-order valence-corrected chi connectivity index (χ3v) is 3.11. The van der Waals surface area contributed by atoms with E-state index in [1.807, 2.05) is 30.3 Å². The molecule has 1 aromatic rings. The Kier molecular flexibility index (Phi) is 3.92. The Bertz CT molecular complexity index is 376. The molecule has 1 aliphatic rings. The van der Waals surface area contributed by atoms with Crippen LogP contribution in [0.15, 0.2) is 42.0 Å². The van der Waals surface area contributed by atoms with E-state index in [2.05, 4.69) is 6.08 Å². The summed E-state index contributed by atoms with van der Waals surface area (Å²) in [5.74, 6) is 0.313. The van der Waals surface area contributed by atoms with Crippen LogP contribution >= 0.6 is 0 Å². The summed E-state index contributed by atoms with van der Waals surface area (Å²) < 4.78 is 0. The first-order valence-electron chi connectivity index (χ1n) is 6.12. The molecule has 84 valence electrons. The molecule has 0 saturated heterocycles. The van der Waals surface area contributed by atoms with Crippen molar-refractivity contribution in [2.75, 3.05) is 0 Å². The fraction of sp³-hybridized carbons (Fsp3) is 0.400. The molecule has 0 aromatic heterocycles. The van der Waals surface area contributed by atoms with Crippen LogP contribution in [0.25, 0.3) is 0 Å². The van der Waals surface area contributed by atoms with Gasteiger partial charge in [0.2, 0.25) is 0 Å². The highest BCUT2D eigenvalue weighted by atomic mass is 16.1. The molecule has 16 heavy (non-hydrogen) atoms. The van der Waals surface area contributed by atoms with Crippen LogP contribution in [-0.4, -0.2) is 5.78 Å². The van der Waals surface area contributed by atoms with Gasteiger partial charge in [0, 0.05) is 6.42 Å². The van der Waals surface area contributed by atoms with Crippen molar-refractivity contribution in [1.29, 1.82) is 0 Å². The molecule has 0 fully saturated rings. The van der Waals surface area contributed by atoms with E-state index in [1.165, 1.54) is 19.3 Å². The highest BCUT2D eigenvalue weighted by molar-refractivity contribution is 5.96. The maximum absolute atomic E-state index is 12.1. The smallest absolute Gasteiger partial charge is 0.162 e. The second kappa shape index (κ2) is 5.64. The lowest BCUT2D eigenvalue weighted by Crippen LogP contribution is -2.06. The SMILES string of the molecule is O=C(Cc1ccccc1)C1=CCCCCC1. The molecule has 0 aliphatic heterocycles. The first kappa shape index (κ1) is 11.1. The van der Waals surface area contributed by atoms with Gasteiger partial charge in [-0.15, -0.1) is 0 Å². The summed E-state index contributed by atoms with van der Waals surface area (Å²) >= 11 is 0. The molecule has 0 amide bonds. The van der Waals surface area contributed by atoms with Crippen molar-refractivity contribution in [2.24, 2.45) is 0 Å². The molecule has 0 bridgehead atoms. The van der Waals surface area contributed by atoms with Gasteiger partial charge in [0.15, 0.2) is 5.78 Å². The van der Waals surface area contributed by atoms with Crippen molar-refractivity contribution >= 4 is 5.78 Å². The molecule has 1 nitrogen and oxygen atoms in total. The fourth-order valence-corrected chi connectivity index (χ4v) is 2.16. The maximum atomic E-state index is 12.1. The lowest BCUT2D eigenvalue weighted by Gasteiger charge is -2.04. The molecule has 0 saturated carbocycles. The van der Waals surface area contributed by atoms with E-state index in [0.717, 1.165) is 24.0 Å². The minimum atomic E-state index is 0.313. The van der Waals surface area contributed by atoms with Gasteiger partial charge in [-0.25, -0.2) is 0 Å². The largest absolute Gasteiger partial charge is 0.294 e. The van der Waals surface area contributed by atoms with Crippen LogP contribution in [0.1, 0.15) is 37.7 Å². The lowest BCUT2D eigenvalue weighted by atomic mass is 10.00. The van der Waals surface area contributed by atoms with Gasteiger partial charge in [0.05, 0.1) is 0 Å². The van der Waals surface area contributed by atoms with Gasteiger partial charge >= 0.3 is 0 Å². The number of rotatable bonds is 3. The molecular weight excluding hydrogens is 196 g/mol. The minimum absolute atomic E-state index is 0.313. The minimum Gasteiger partial charge on any atom is -0.294 e. The number of hydrogen-bond donors (Lipinski definition) is 0. The van der Waals surface area contributed by atoms with Gasteiger partial charge < -0.3 is 0 Å². The van der Waals surface area contributed by atoms with E-state index in [1.54, 1.807) is 0 Å². The monoisotopic (exact) mass is 214 g/mol. The Labute approximate surface area is 97.2 Å². The van der Waals surface area contributed by atoms with Gasteiger partial charge in [0.25, 0.3) is 0 Å². The van der Waals surface area contributed by atoms with Crippen LogP contribution in [-0.2, 0) is 11.2 Å². The van der Waals surface area contributed by atoms with Crippen LogP contribution < -0.4 is 0 Å². The molecule has 0 spiro atoms. The van der Waals surface area contributed by atoms with Gasteiger partial charge in [-0.3, -0.25) is 4.79 Å². The zero-order valence-electron chi connectivity index (χ0n) is 9.61. The van der Waals surface area contributed by atoms with Crippen LogP contribution in [0.5, 0.6) is 0 Å². The second-order valence-electron chi connectivity index (χ2n) is 4.41. The lowest BCUT2D eigenvalue weighted by molar-refractivity contribution is -0.115. The summed E-state index contributed by atoms with van der Waals surface area (Å²) in [6.45, 7) is 0. The molecular formula is C15H18O. The Morgan fingerprint density at radius 3 is 2.69 bits per heavy atom. The van der Waals surface area contributed by atoms with Gasteiger partial charge in [0.1, 0.15) is 0 Å². The van der Waals surface area contributed by atoms with Crippen LogP contribution in [0, 0.1) is 0 Å². The summed E-state index contributed by atoms with van der Waals surface area (Å²) in [5.41, 5.74) is 2.18. The molecule has 0 N–H and O–H groups in total. The standard InChI is InChI=1S/C15H18O/c16-15(12-13-8-4-3-5-9-13)14-10-6-1-2-7-11-14/h3-5,8-10H,1-2,6-7,11-12H2. The molecule has 1 heteroatoms. The zero-order chi connectivity index (χ0) is 11.2. The second-order valence-corrected chi connectivity index (χ2v) is 4.41. The number of benzene rings is 1. The molecule has 1 aliphatic carbocycles. The molecule has 1 aromatic carbocycles. The third kappa shape index (κ3) is 3.06. The number of hydrogen-bond acceptors (Lipinski definition) is 1. The predicted molar refractivity (Wildman–Crippen MR) is 66.3 cm³/mol. The van der Waals surface area contributed by atoms with E-state index in [4.69, 9.17) is 0 Å². The van der Waals surface area contributed by atoms with Crippen molar-refractivity contribution < 1.29 is 4.79 Å². The van der Waals surface area contributed by atoms with Crippen molar-refractivity contribution in [2.45, 2.75) is 38.5 Å². The fourth-order valence-electron chi connectivity index (χ4n) is 2.16. The van der Waals surface area contributed by atoms with Crippen LogP contribution in [0.3, 0.4) is 0 Å². The number of allylic oxidation sites excluding steroid dienone is 2. The van der Waals surface area contributed by atoms with Gasteiger partial charge in [-0.05, 0) is 36.8 Å². The summed E-state index contributed by atoms with van der Waals surface area (Å²) in [5, 5.41) is 0. The zero-order valence-corrected chi connectivity index (χ0v) is 9.61. The van der Waals surface area contributed by atoms with E-state index in [-0.39, 0.29) is 0 Å². The number of ketones is 1. The van der Waals surface area contributed by atoms with E-state index >= 15 is 0 Å². The number of carbonyl (C=O) groups is 1. The van der Waals surface area contributed by atoms with E-state index < -0.39 is 0 Å². The Morgan fingerprint density at radius 1 is 1.06 bits per heavy atom. The highest BCUT2D eigenvalue weighted by Crippen LogP contribution is 2.19. The Balaban J connectivity index is 2.00. The van der Waals surface area contributed by atoms with Crippen molar-refractivity contribution in [1.82, 2.24) is 0 Å². The normalized spacial score (nSPS) is 16.4. The van der Waals surface area contributed by atoms with Crippen LogP contribution in [0.4, 0.5) is 0 Å². The van der Waals surface area contributed by atoms with Crippen LogP contribution in [0.2, 0.25) is 0 Å². The van der Waals surface area contributed by atoms with Crippen molar-refractivity contribution in [3.8, 4) is 0 Å². The average molecular weight is 214 g/mol. The average Bonchev–Trinajstić information content (AvgIpc) is 2.59. The molecule has 0 radical (unpaired) electrons. The van der Waals surface area contributed by atoms with Crippen molar-refractivity contribution in [3.63, 3.8) is 0 Å². The molecule has 0 atom stereocenters. The predicted octanol–water partition coefficient (Wildman–Crippen LogP) is 3.69. The van der Waals surface area contributed by atoms with Crippen molar-refractivity contribution in [3.05, 3.63) is 47.5 Å². The summed E-state index contributed by atoms with van der Waals surface area (Å²) in [6, 6.07) is 10.0. The van der Waals surface area contributed by atoms with Gasteiger partial charge in [-0.1, -0.05) is 42.8 Å². The molecule has 0 unspecified atom stereocenters. The maximum Gasteiger partial charge on any atom is 0.162 e. The first-order chi connectivity index (χ1) is 7.86.